The lowest BCUT2D eigenvalue weighted by molar-refractivity contribution is 0.348. The van der Waals surface area contributed by atoms with Gasteiger partial charge in [-0.1, -0.05) is 19.1 Å². The molecule has 1 saturated carbocycles. The Morgan fingerprint density at radius 3 is 2.50 bits per heavy atom. The summed E-state index contributed by atoms with van der Waals surface area (Å²) in [4.78, 5) is 0. The minimum atomic E-state index is 0.728. The normalized spacial score (nSPS) is 27.4. The number of aryl methyl sites for hydroxylation is 1. The van der Waals surface area contributed by atoms with Crippen molar-refractivity contribution in [2.24, 2.45) is 11.8 Å². The molecule has 1 N–H and O–H groups in total. The molecule has 0 bridgehead atoms. The van der Waals surface area contributed by atoms with Crippen LogP contribution in [0.2, 0.25) is 0 Å². The zero-order chi connectivity index (χ0) is 13.0. The molecular formula is C16H25NO. The van der Waals surface area contributed by atoms with Crippen LogP contribution in [0.15, 0.2) is 24.3 Å². The van der Waals surface area contributed by atoms with Gasteiger partial charge in [0.1, 0.15) is 5.75 Å². The molecule has 2 rings (SSSR count). The fraction of sp³-hybridized carbons (Fsp3) is 0.625. The summed E-state index contributed by atoms with van der Waals surface area (Å²) < 4.78 is 5.18. The van der Waals surface area contributed by atoms with Crippen LogP contribution in [0.5, 0.6) is 5.75 Å². The van der Waals surface area contributed by atoms with E-state index in [-0.39, 0.29) is 0 Å². The van der Waals surface area contributed by atoms with Crippen LogP contribution in [0.3, 0.4) is 0 Å². The van der Waals surface area contributed by atoms with Gasteiger partial charge in [0.15, 0.2) is 0 Å². The van der Waals surface area contributed by atoms with Crippen molar-refractivity contribution in [3.63, 3.8) is 0 Å². The number of hydrogen-bond donors (Lipinski definition) is 1. The topological polar surface area (TPSA) is 21.3 Å². The van der Waals surface area contributed by atoms with Crippen LogP contribution in [0.4, 0.5) is 0 Å². The Morgan fingerprint density at radius 1 is 1.22 bits per heavy atom. The van der Waals surface area contributed by atoms with E-state index >= 15 is 0 Å². The molecule has 3 unspecified atom stereocenters. The number of methoxy groups -OCH3 is 1. The first-order chi connectivity index (χ1) is 8.74. The van der Waals surface area contributed by atoms with Crippen molar-refractivity contribution in [1.29, 1.82) is 0 Å². The van der Waals surface area contributed by atoms with Crippen molar-refractivity contribution < 1.29 is 4.74 Å². The number of ether oxygens (including phenoxy) is 1. The summed E-state index contributed by atoms with van der Waals surface area (Å²) >= 11 is 0. The highest BCUT2D eigenvalue weighted by Gasteiger charge is 2.30. The highest BCUT2D eigenvalue weighted by molar-refractivity contribution is 5.27. The van der Waals surface area contributed by atoms with E-state index in [2.05, 4.69) is 43.6 Å². The first kappa shape index (κ1) is 13.4. The Bertz CT molecular complexity index is 360. The Labute approximate surface area is 111 Å². The van der Waals surface area contributed by atoms with Crippen molar-refractivity contribution in [2.75, 3.05) is 14.2 Å². The van der Waals surface area contributed by atoms with Gasteiger partial charge in [-0.15, -0.1) is 0 Å². The lowest BCUT2D eigenvalue weighted by Crippen LogP contribution is -2.29. The predicted octanol–water partition coefficient (Wildman–Crippen LogP) is 3.26. The molecule has 0 heterocycles. The molecule has 0 spiro atoms. The first-order valence-corrected chi connectivity index (χ1v) is 7.04. The van der Waals surface area contributed by atoms with Gasteiger partial charge in [0.05, 0.1) is 7.11 Å². The summed E-state index contributed by atoms with van der Waals surface area (Å²) in [6.07, 6.45) is 5.22. The van der Waals surface area contributed by atoms with E-state index in [4.69, 9.17) is 4.74 Å². The molecule has 0 saturated heterocycles. The lowest BCUT2D eigenvalue weighted by Gasteiger charge is -2.20. The summed E-state index contributed by atoms with van der Waals surface area (Å²) in [6, 6.07) is 9.22. The molecule has 2 heteroatoms. The van der Waals surface area contributed by atoms with E-state index in [1.54, 1.807) is 7.11 Å². The molecule has 1 aliphatic carbocycles. The summed E-state index contributed by atoms with van der Waals surface area (Å²) in [6.45, 7) is 2.40. The van der Waals surface area contributed by atoms with Gasteiger partial charge < -0.3 is 10.1 Å². The number of rotatable bonds is 5. The number of benzene rings is 1. The average molecular weight is 247 g/mol. The van der Waals surface area contributed by atoms with Crippen LogP contribution in [0, 0.1) is 11.8 Å². The fourth-order valence-electron chi connectivity index (χ4n) is 3.21. The average Bonchev–Trinajstić information content (AvgIpc) is 2.77. The third-order valence-electron chi connectivity index (χ3n) is 4.56. The zero-order valence-electron chi connectivity index (χ0n) is 11.8. The van der Waals surface area contributed by atoms with Crippen LogP contribution in [-0.2, 0) is 6.42 Å². The van der Waals surface area contributed by atoms with Gasteiger partial charge in [0, 0.05) is 6.04 Å². The van der Waals surface area contributed by atoms with Crippen molar-refractivity contribution in [3.8, 4) is 5.75 Å². The van der Waals surface area contributed by atoms with Crippen molar-refractivity contribution in [2.45, 2.75) is 38.6 Å². The van der Waals surface area contributed by atoms with Gasteiger partial charge in [-0.2, -0.15) is 0 Å². The zero-order valence-corrected chi connectivity index (χ0v) is 11.8. The molecule has 100 valence electrons. The van der Waals surface area contributed by atoms with Gasteiger partial charge in [0.2, 0.25) is 0 Å². The van der Waals surface area contributed by atoms with Crippen LogP contribution < -0.4 is 10.1 Å². The summed E-state index contributed by atoms with van der Waals surface area (Å²) in [5, 5.41) is 3.44. The predicted molar refractivity (Wildman–Crippen MR) is 76.1 cm³/mol. The van der Waals surface area contributed by atoms with E-state index in [1.807, 2.05) is 0 Å². The van der Waals surface area contributed by atoms with Crippen LogP contribution >= 0.6 is 0 Å². The van der Waals surface area contributed by atoms with E-state index in [0.717, 1.165) is 23.6 Å². The largest absolute Gasteiger partial charge is 0.497 e. The highest BCUT2D eigenvalue weighted by Crippen LogP contribution is 2.34. The smallest absolute Gasteiger partial charge is 0.118 e. The Balaban J connectivity index is 1.84. The lowest BCUT2D eigenvalue weighted by atomic mass is 9.90. The Hall–Kier alpha value is -1.02. The summed E-state index contributed by atoms with van der Waals surface area (Å²) in [7, 11) is 3.81. The first-order valence-electron chi connectivity index (χ1n) is 7.04. The molecule has 0 aromatic heterocycles. The maximum atomic E-state index is 5.18. The number of hydrogen-bond acceptors (Lipinski definition) is 2. The third-order valence-corrected chi connectivity index (χ3v) is 4.56. The number of nitrogens with one attached hydrogen (secondary N) is 1. The molecule has 18 heavy (non-hydrogen) atoms. The van der Waals surface area contributed by atoms with Crippen LogP contribution in [-0.4, -0.2) is 20.2 Å². The second-order valence-electron chi connectivity index (χ2n) is 5.48. The molecule has 3 atom stereocenters. The minimum absolute atomic E-state index is 0.728. The molecule has 0 aliphatic heterocycles. The third kappa shape index (κ3) is 3.05. The van der Waals surface area contributed by atoms with Gasteiger partial charge in [-0.25, -0.2) is 0 Å². The maximum absolute atomic E-state index is 5.18. The van der Waals surface area contributed by atoms with Crippen molar-refractivity contribution in [1.82, 2.24) is 5.32 Å². The molecular weight excluding hydrogens is 222 g/mol. The minimum Gasteiger partial charge on any atom is -0.497 e. The molecule has 2 nitrogen and oxygen atoms in total. The quantitative estimate of drug-likeness (QED) is 0.862. The van der Waals surface area contributed by atoms with E-state index in [9.17, 15) is 0 Å². The molecule has 1 fully saturated rings. The van der Waals surface area contributed by atoms with Crippen molar-refractivity contribution >= 4 is 0 Å². The van der Waals surface area contributed by atoms with Gasteiger partial charge in [-0.3, -0.25) is 0 Å². The van der Waals surface area contributed by atoms with E-state index in [1.165, 1.54) is 31.2 Å². The fourth-order valence-corrected chi connectivity index (χ4v) is 3.21. The summed E-state index contributed by atoms with van der Waals surface area (Å²) in [5.41, 5.74) is 1.43. The Morgan fingerprint density at radius 2 is 1.94 bits per heavy atom. The second-order valence-corrected chi connectivity index (χ2v) is 5.48. The van der Waals surface area contributed by atoms with Crippen LogP contribution in [0.25, 0.3) is 0 Å². The van der Waals surface area contributed by atoms with Gasteiger partial charge >= 0.3 is 0 Å². The maximum Gasteiger partial charge on any atom is 0.118 e. The standard InChI is InChI=1S/C16H25NO/c1-12-14(8-11-16(12)17-2)7-4-13-5-9-15(18-3)10-6-13/h5-6,9-10,12,14,16-17H,4,7-8,11H2,1-3H3. The molecule has 0 radical (unpaired) electrons. The SMILES string of the molecule is CNC1CCC(CCc2ccc(OC)cc2)C1C. The molecule has 1 aliphatic rings. The summed E-state index contributed by atoms with van der Waals surface area (Å²) in [5.74, 6) is 2.64. The van der Waals surface area contributed by atoms with Crippen molar-refractivity contribution in [3.05, 3.63) is 29.8 Å². The van der Waals surface area contributed by atoms with Gasteiger partial charge in [-0.05, 0) is 62.3 Å². The molecule has 0 amide bonds. The highest BCUT2D eigenvalue weighted by atomic mass is 16.5. The van der Waals surface area contributed by atoms with E-state index in [0.29, 0.717) is 0 Å². The second kappa shape index (κ2) is 6.24. The Kier molecular flexibility index (Phi) is 4.65. The monoisotopic (exact) mass is 247 g/mol. The molecule has 1 aromatic carbocycles. The van der Waals surface area contributed by atoms with Gasteiger partial charge in [0.25, 0.3) is 0 Å². The molecule has 1 aromatic rings. The van der Waals surface area contributed by atoms with E-state index < -0.39 is 0 Å². The van der Waals surface area contributed by atoms with Crippen LogP contribution in [0.1, 0.15) is 31.7 Å².